The molecule has 1 fully saturated rings. The molecule has 146 valence electrons. The molecule has 1 N–H and O–H groups in total. The highest BCUT2D eigenvalue weighted by atomic mass is 16.5. The van der Waals surface area contributed by atoms with E-state index in [0.717, 1.165) is 0 Å². The van der Waals surface area contributed by atoms with Crippen LogP contribution in [0, 0.1) is 0 Å². The first-order valence-electron chi connectivity index (χ1n) is 8.97. The molecule has 0 bridgehead atoms. The number of phenols is 1. The summed E-state index contributed by atoms with van der Waals surface area (Å²) in [4.78, 5) is 29.5. The number of aromatic hydroxyl groups is 1. The van der Waals surface area contributed by atoms with E-state index in [0.29, 0.717) is 11.3 Å². The average Bonchev–Trinajstić information content (AvgIpc) is 3.29. The number of anilines is 1. The zero-order chi connectivity index (χ0) is 20.5. The van der Waals surface area contributed by atoms with Crippen molar-refractivity contribution in [3.8, 4) is 17.1 Å². The quantitative estimate of drug-likeness (QED) is 0.738. The number of hydrogen-bond acceptors (Lipinski definition) is 6. The maximum absolute atomic E-state index is 12.9. The summed E-state index contributed by atoms with van der Waals surface area (Å²) in [5.41, 5.74) is 1.17. The van der Waals surface area contributed by atoms with Crippen LogP contribution in [-0.4, -0.2) is 45.9 Å². The van der Waals surface area contributed by atoms with Crippen molar-refractivity contribution in [3.63, 3.8) is 0 Å². The molecule has 2 amide bonds. The molecule has 2 heterocycles. The van der Waals surface area contributed by atoms with Crippen molar-refractivity contribution in [3.05, 3.63) is 66.4 Å². The summed E-state index contributed by atoms with van der Waals surface area (Å²) in [7, 11) is 1.76. The summed E-state index contributed by atoms with van der Waals surface area (Å²) >= 11 is 0. The number of phenolic OH excluding ortho intramolecular Hbond substituents is 1. The third-order valence-electron chi connectivity index (χ3n) is 4.80. The Morgan fingerprint density at radius 2 is 1.83 bits per heavy atom. The van der Waals surface area contributed by atoms with Crippen LogP contribution in [0.3, 0.4) is 0 Å². The zero-order valence-electron chi connectivity index (χ0n) is 15.8. The minimum Gasteiger partial charge on any atom is -0.507 e. The first kappa shape index (κ1) is 18.6. The van der Waals surface area contributed by atoms with E-state index in [1.54, 1.807) is 37.2 Å². The van der Waals surface area contributed by atoms with Gasteiger partial charge in [0.05, 0.1) is 17.3 Å². The van der Waals surface area contributed by atoms with Gasteiger partial charge in [-0.3, -0.25) is 9.59 Å². The molecule has 3 aromatic rings. The van der Waals surface area contributed by atoms with Crippen LogP contribution in [0.15, 0.2) is 70.2 Å². The number of para-hydroxylation sites is 2. The Morgan fingerprint density at radius 3 is 2.55 bits per heavy atom. The first-order valence-corrected chi connectivity index (χ1v) is 8.97. The van der Waals surface area contributed by atoms with Gasteiger partial charge >= 0.3 is 0 Å². The van der Waals surface area contributed by atoms with Crippen LogP contribution in [0.5, 0.6) is 5.75 Å². The molecule has 1 aromatic heterocycles. The Bertz CT molecular complexity index is 1110. The lowest BCUT2D eigenvalue weighted by Crippen LogP contribution is -2.38. The molecule has 1 unspecified atom stereocenters. The van der Waals surface area contributed by atoms with Gasteiger partial charge in [0.1, 0.15) is 11.5 Å². The second-order valence-electron chi connectivity index (χ2n) is 6.60. The molecule has 1 aliphatic heterocycles. The van der Waals surface area contributed by atoms with Gasteiger partial charge in [0.25, 0.3) is 11.8 Å². The van der Waals surface area contributed by atoms with Crippen LogP contribution in [0.4, 0.5) is 5.69 Å². The SMILES string of the molecule is CC1C(=NC(=O)c2cc(-c3ccccc3O)on2)C(=O)N(c2ccccc2)N1C. The van der Waals surface area contributed by atoms with Crippen LogP contribution in [-0.2, 0) is 4.79 Å². The Labute approximate surface area is 166 Å². The van der Waals surface area contributed by atoms with E-state index in [4.69, 9.17) is 4.52 Å². The molecule has 0 radical (unpaired) electrons. The molecule has 4 rings (SSSR count). The smallest absolute Gasteiger partial charge is 0.299 e. The maximum Gasteiger partial charge on any atom is 0.299 e. The van der Waals surface area contributed by atoms with Gasteiger partial charge in [0.2, 0.25) is 0 Å². The van der Waals surface area contributed by atoms with Crippen LogP contribution in [0.25, 0.3) is 11.3 Å². The van der Waals surface area contributed by atoms with Crippen LogP contribution in [0.2, 0.25) is 0 Å². The van der Waals surface area contributed by atoms with Gasteiger partial charge in [-0.1, -0.05) is 35.5 Å². The van der Waals surface area contributed by atoms with Gasteiger partial charge in [-0.2, -0.15) is 0 Å². The normalized spacial score (nSPS) is 18.6. The van der Waals surface area contributed by atoms with Crippen molar-refractivity contribution in [2.24, 2.45) is 4.99 Å². The van der Waals surface area contributed by atoms with Crippen LogP contribution < -0.4 is 5.01 Å². The van der Waals surface area contributed by atoms with E-state index in [1.165, 1.54) is 17.1 Å². The van der Waals surface area contributed by atoms with E-state index in [-0.39, 0.29) is 28.8 Å². The molecule has 8 nitrogen and oxygen atoms in total. The van der Waals surface area contributed by atoms with Crippen LogP contribution in [0.1, 0.15) is 17.4 Å². The van der Waals surface area contributed by atoms with Crippen LogP contribution >= 0.6 is 0 Å². The Balaban J connectivity index is 1.62. The largest absolute Gasteiger partial charge is 0.507 e. The van der Waals surface area contributed by atoms with E-state index >= 15 is 0 Å². The van der Waals surface area contributed by atoms with Crippen molar-refractivity contribution in [1.82, 2.24) is 10.2 Å². The van der Waals surface area contributed by atoms with Crippen molar-refractivity contribution >= 4 is 23.2 Å². The lowest BCUT2D eigenvalue weighted by molar-refractivity contribution is -0.113. The Kier molecular flexibility index (Phi) is 4.69. The standard InChI is InChI=1S/C21H18N4O4/c1-13-19(21(28)25(24(13)2)14-8-4-3-5-9-14)22-20(27)16-12-18(29-23-16)15-10-6-7-11-17(15)26/h3-13,26H,1-2H3. The van der Waals surface area contributed by atoms with Crippen molar-refractivity contribution < 1.29 is 19.2 Å². The van der Waals surface area contributed by atoms with Crippen molar-refractivity contribution in [2.45, 2.75) is 13.0 Å². The predicted molar refractivity (Wildman–Crippen MR) is 107 cm³/mol. The highest BCUT2D eigenvalue weighted by Crippen LogP contribution is 2.29. The molecule has 0 aliphatic carbocycles. The van der Waals surface area contributed by atoms with Gasteiger partial charge in [0.15, 0.2) is 11.5 Å². The van der Waals surface area contributed by atoms with E-state index in [1.807, 2.05) is 30.3 Å². The molecule has 2 aromatic carbocycles. The van der Waals surface area contributed by atoms with Gasteiger partial charge in [-0.05, 0) is 31.2 Å². The molecule has 1 saturated heterocycles. The first-order chi connectivity index (χ1) is 14.0. The maximum atomic E-state index is 12.9. The van der Waals surface area contributed by atoms with E-state index < -0.39 is 11.9 Å². The second kappa shape index (κ2) is 7.33. The fraction of sp³-hybridized carbons (Fsp3) is 0.143. The summed E-state index contributed by atoms with van der Waals surface area (Å²) in [5, 5.41) is 16.9. The van der Waals surface area contributed by atoms with Gasteiger partial charge < -0.3 is 9.63 Å². The minimum atomic E-state index is -0.686. The zero-order valence-corrected chi connectivity index (χ0v) is 15.8. The monoisotopic (exact) mass is 390 g/mol. The number of benzene rings is 2. The second-order valence-corrected chi connectivity index (χ2v) is 6.60. The number of rotatable bonds is 3. The highest BCUT2D eigenvalue weighted by molar-refractivity contribution is 6.48. The van der Waals surface area contributed by atoms with E-state index in [9.17, 15) is 14.7 Å². The lowest BCUT2D eigenvalue weighted by atomic mass is 10.1. The number of hydrogen-bond donors (Lipinski definition) is 1. The average molecular weight is 390 g/mol. The fourth-order valence-electron chi connectivity index (χ4n) is 3.14. The topological polar surface area (TPSA) is 99.2 Å². The van der Waals surface area contributed by atoms with Gasteiger partial charge in [-0.25, -0.2) is 15.0 Å². The molecule has 0 spiro atoms. The fourth-order valence-corrected chi connectivity index (χ4v) is 3.14. The van der Waals surface area contributed by atoms with E-state index in [2.05, 4.69) is 10.1 Å². The molecular formula is C21H18N4O4. The molecule has 29 heavy (non-hydrogen) atoms. The highest BCUT2D eigenvalue weighted by Gasteiger charge is 2.40. The summed E-state index contributed by atoms with van der Waals surface area (Å²) in [5.74, 6) is -0.813. The molecular weight excluding hydrogens is 372 g/mol. The number of carbonyl (C=O) groups is 2. The van der Waals surface area contributed by atoms with Crippen molar-refractivity contribution in [2.75, 3.05) is 12.1 Å². The molecule has 0 saturated carbocycles. The molecule has 1 atom stereocenters. The molecule has 8 heteroatoms. The summed E-state index contributed by atoms with van der Waals surface area (Å²) < 4.78 is 5.18. The number of carbonyl (C=O) groups excluding carboxylic acids is 2. The summed E-state index contributed by atoms with van der Waals surface area (Å²) in [6, 6.07) is 16.7. The number of amides is 2. The number of aromatic nitrogens is 1. The number of nitrogens with zero attached hydrogens (tertiary/aromatic N) is 4. The third-order valence-corrected chi connectivity index (χ3v) is 4.80. The Hall–Kier alpha value is -3.78. The number of hydrazine groups is 1. The minimum absolute atomic E-state index is 0.00804. The van der Waals surface area contributed by atoms with Gasteiger partial charge in [0, 0.05) is 13.1 Å². The third kappa shape index (κ3) is 3.30. The lowest BCUT2D eigenvalue weighted by Gasteiger charge is -2.25. The number of aliphatic imine (C=N–C) groups is 1. The van der Waals surface area contributed by atoms with Gasteiger partial charge in [-0.15, -0.1) is 0 Å². The van der Waals surface area contributed by atoms with Crippen molar-refractivity contribution in [1.29, 1.82) is 0 Å². The molecule has 1 aliphatic rings. The Morgan fingerprint density at radius 1 is 1.14 bits per heavy atom. The predicted octanol–water partition coefficient (Wildman–Crippen LogP) is 2.91. The summed E-state index contributed by atoms with van der Waals surface area (Å²) in [6.45, 7) is 1.79. The summed E-state index contributed by atoms with van der Waals surface area (Å²) in [6.07, 6.45) is 0.